The number of anilines is 1. The number of carbonyl (C=O) groups is 3. The number of aromatic nitrogens is 1. The number of carbonyl (C=O) groups excluding carboxylic acids is 3. The summed E-state index contributed by atoms with van der Waals surface area (Å²) in [7, 11) is -3.62. The zero-order valence-corrected chi connectivity index (χ0v) is 25.1. The van der Waals surface area contributed by atoms with E-state index in [1.54, 1.807) is 57.5 Å². The van der Waals surface area contributed by atoms with Crippen LogP contribution in [0.3, 0.4) is 0 Å². The molecule has 0 radical (unpaired) electrons. The summed E-state index contributed by atoms with van der Waals surface area (Å²) < 4.78 is 42.0. The number of ketones is 1. The second-order valence-corrected chi connectivity index (χ2v) is 12.1. The Morgan fingerprint density at radius 3 is 2.24 bits per heavy atom. The summed E-state index contributed by atoms with van der Waals surface area (Å²) >= 11 is 0. The van der Waals surface area contributed by atoms with E-state index in [1.807, 2.05) is 30.3 Å². The van der Waals surface area contributed by atoms with E-state index in [1.165, 1.54) is 6.92 Å². The molecule has 0 atom stereocenters. The Labute approximate surface area is 239 Å². The van der Waals surface area contributed by atoms with Crippen LogP contribution in [0.5, 0.6) is 5.75 Å². The predicted molar refractivity (Wildman–Crippen MR) is 154 cm³/mol. The van der Waals surface area contributed by atoms with Gasteiger partial charge in [-0.2, -0.15) is 0 Å². The first-order chi connectivity index (χ1) is 19.3. The van der Waals surface area contributed by atoms with Gasteiger partial charge in [-0.05, 0) is 53.2 Å². The van der Waals surface area contributed by atoms with E-state index in [4.69, 9.17) is 23.3 Å². The van der Waals surface area contributed by atoms with Crippen molar-refractivity contribution in [3.05, 3.63) is 59.8 Å². The van der Waals surface area contributed by atoms with Gasteiger partial charge in [0.1, 0.15) is 24.5 Å². The summed E-state index contributed by atoms with van der Waals surface area (Å²) in [5.41, 5.74) is 1.04. The van der Waals surface area contributed by atoms with Gasteiger partial charge in [-0.15, -0.1) is 0 Å². The highest BCUT2D eigenvalue weighted by Crippen LogP contribution is 2.48. The normalized spacial score (nSPS) is 11.8. The van der Waals surface area contributed by atoms with E-state index in [-0.39, 0.29) is 43.6 Å². The van der Waals surface area contributed by atoms with E-state index in [9.17, 15) is 18.9 Å². The second kappa shape index (κ2) is 13.8. The zero-order valence-electron chi connectivity index (χ0n) is 24.2. The highest BCUT2D eigenvalue weighted by atomic mass is 31.2. The van der Waals surface area contributed by atoms with Crippen LogP contribution < -0.4 is 10.1 Å². The highest BCUT2D eigenvalue weighted by molar-refractivity contribution is 7.53. The third-order valence-electron chi connectivity index (χ3n) is 5.56. The molecule has 0 aliphatic carbocycles. The van der Waals surface area contributed by atoms with Crippen molar-refractivity contribution in [3.63, 3.8) is 0 Å². The van der Waals surface area contributed by atoms with Crippen molar-refractivity contribution in [3.8, 4) is 5.75 Å². The first-order valence-corrected chi connectivity index (χ1v) is 14.9. The van der Waals surface area contributed by atoms with Crippen molar-refractivity contribution in [1.82, 2.24) is 4.57 Å². The van der Waals surface area contributed by atoms with Crippen LogP contribution in [0.1, 0.15) is 57.5 Å². The molecule has 41 heavy (non-hydrogen) atoms. The second-order valence-electron chi connectivity index (χ2n) is 10.1. The lowest BCUT2D eigenvalue weighted by atomic mass is 10.1. The number of Topliss-reactive ketones (excluding diaryl/α,β-unsaturated/α-hetero) is 1. The fraction of sp³-hybridized carbons (Fsp3) is 0.414. The summed E-state index contributed by atoms with van der Waals surface area (Å²) in [5.74, 6) is -0.648. The average molecular weight is 589 g/mol. The largest absolute Gasteiger partial charge is 0.479 e. The van der Waals surface area contributed by atoms with E-state index >= 15 is 0 Å². The molecule has 2 aromatic carbocycles. The van der Waals surface area contributed by atoms with Gasteiger partial charge in [0.25, 0.3) is 0 Å². The number of nitrogens with one attached hydrogen (secondary N) is 1. The Bertz CT molecular complexity index is 1420. The minimum absolute atomic E-state index is 0.0277. The Morgan fingerprint density at radius 1 is 1.00 bits per heavy atom. The van der Waals surface area contributed by atoms with E-state index in [0.717, 1.165) is 5.56 Å². The molecule has 0 bridgehead atoms. The van der Waals surface area contributed by atoms with Gasteiger partial charge in [0.15, 0.2) is 12.1 Å². The maximum atomic E-state index is 13.1. The monoisotopic (exact) mass is 588 g/mol. The Morgan fingerprint density at radius 2 is 1.66 bits per heavy atom. The molecule has 222 valence electrons. The molecular weight excluding hydrogens is 551 g/mol. The number of hydrogen-bond donors (Lipinski definition) is 1. The molecule has 0 saturated heterocycles. The predicted octanol–water partition coefficient (Wildman–Crippen LogP) is 6.54. The third-order valence-corrected chi connectivity index (χ3v) is 7.31. The number of ether oxygens (including phenoxy) is 3. The smallest absolute Gasteiger partial charge is 0.412 e. The maximum Gasteiger partial charge on any atom is 0.412 e. The lowest BCUT2D eigenvalue weighted by Crippen LogP contribution is -2.26. The van der Waals surface area contributed by atoms with Gasteiger partial charge < -0.3 is 27.8 Å². The number of esters is 1. The molecule has 0 fully saturated rings. The van der Waals surface area contributed by atoms with E-state index in [0.29, 0.717) is 16.5 Å². The number of benzene rings is 2. The van der Waals surface area contributed by atoms with Gasteiger partial charge in [0.05, 0.1) is 24.4 Å². The van der Waals surface area contributed by atoms with E-state index in [2.05, 4.69) is 5.32 Å². The fourth-order valence-electron chi connectivity index (χ4n) is 3.98. The van der Waals surface area contributed by atoms with Crippen molar-refractivity contribution >= 4 is 42.0 Å². The number of hydrogen-bond acceptors (Lipinski definition) is 9. The SMILES string of the molecule is CCOP(=O)(COc1cc2c(cc1NC(=O)OCc1ccccc1)c(C(C)=O)cn2CC(=O)OC(C)(C)C)OCC. The van der Waals surface area contributed by atoms with Gasteiger partial charge in [-0.1, -0.05) is 30.3 Å². The van der Waals surface area contributed by atoms with Crippen LogP contribution in [0, 0.1) is 0 Å². The van der Waals surface area contributed by atoms with Gasteiger partial charge in [0, 0.05) is 23.2 Å². The molecule has 1 aromatic heterocycles. The highest BCUT2D eigenvalue weighted by Gasteiger charge is 2.27. The molecule has 1 N–H and O–H groups in total. The van der Waals surface area contributed by atoms with Crippen molar-refractivity contribution in [2.45, 2.75) is 60.3 Å². The van der Waals surface area contributed by atoms with Gasteiger partial charge in [-0.25, -0.2) is 4.79 Å². The molecular formula is C29H37N2O9P. The van der Waals surface area contributed by atoms with Crippen molar-refractivity contribution in [2.24, 2.45) is 0 Å². The molecule has 0 aliphatic heterocycles. The molecule has 0 saturated carbocycles. The van der Waals surface area contributed by atoms with Crippen LogP contribution >= 0.6 is 7.60 Å². The van der Waals surface area contributed by atoms with Crippen LogP contribution in [0.2, 0.25) is 0 Å². The van der Waals surface area contributed by atoms with Crippen LogP contribution in [-0.4, -0.2) is 47.6 Å². The molecule has 11 nitrogen and oxygen atoms in total. The minimum atomic E-state index is -3.62. The van der Waals surface area contributed by atoms with E-state index < -0.39 is 31.6 Å². The molecule has 1 amide bonds. The van der Waals surface area contributed by atoms with Crippen molar-refractivity contribution < 1.29 is 42.2 Å². The molecule has 0 spiro atoms. The number of fused-ring (bicyclic) bond motifs is 1. The Hall–Kier alpha value is -3.66. The lowest BCUT2D eigenvalue weighted by Gasteiger charge is -2.20. The fourth-order valence-corrected chi connectivity index (χ4v) is 5.29. The summed E-state index contributed by atoms with van der Waals surface area (Å²) in [4.78, 5) is 37.9. The lowest BCUT2D eigenvalue weighted by molar-refractivity contribution is -0.155. The van der Waals surface area contributed by atoms with Gasteiger partial charge >= 0.3 is 19.7 Å². The van der Waals surface area contributed by atoms with Crippen LogP contribution in [0.25, 0.3) is 10.9 Å². The van der Waals surface area contributed by atoms with Gasteiger partial charge in [-0.3, -0.25) is 19.5 Å². The Kier molecular flexibility index (Phi) is 10.7. The number of nitrogens with zero attached hydrogens (tertiary/aromatic N) is 1. The molecule has 3 rings (SSSR count). The third kappa shape index (κ3) is 9.18. The molecule has 0 unspecified atom stereocenters. The maximum absolute atomic E-state index is 13.1. The molecule has 3 aromatic rings. The number of amides is 1. The molecule has 1 heterocycles. The van der Waals surface area contributed by atoms with Crippen molar-refractivity contribution in [1.29, 1.82) is 0 Å². The molecule has 12 heteroatoms. The first kappa shape index (κ1) is 31.9. The number of rotatable bonds is 13. The van der Waals surface area contributed by atoms with Crippen molar-refractivity contribution in [2.75, 3.05) is 24.9 Å². The zero-order chi connectivity index (χ0) is 30.2. The minimum Gasteiger partial charge on any atom is -0.479 e. The average Bonchev–Trinajstić information content (AvgIpc) is 3.23. The standard InChI is InChI=1S/C29H37N2O9P/c1-7-38-41(35,39-8-2)19-37-26-15-25-22(14-24(26)30-28(34)36-18-21-12-10-9-11-13-21)23(20(3)32)16-31(25)17-27(33)40-29(4,5)6/h9-16H,7-8,17-19H2,1-6H3,(H,30,34). The van der Waals surface area contributed by atoms with Crippen LogP contribution in [0.4, 0.5) is 10.5 Å². The summed E-state index contributed by atoms with van der Waals surface area (Å²) in [6, 6.07) is 12.2. The summed E-state index contributed by atoms with van der Waals surface area (Å²) in [6.07, 6.45) is 0.331. The molecule has 0 aliphatic rings. The van der Waals surface area contributed by atoms with Crippen LogP contribution in [-0.2, 0) is 41.0 Å². The van der Waals surface area contributed by atoms with Crippen LogP contribution in [0.15, 0.2) is 48.7 Å². The summed E-state index contributed by atoms with van der Waals surface area (Å²) in [6.45, 7) is 10.2. The summed E-state index contributed by atoms with van der Waals surface area (Å²) in [5, 5.41) is 3.11. The quantitative estimate of drug-likeness (QED) is 0.134. The Balaban J connectivity index is 2.01. The topological polar surface area (TPSA) is 131 Å². The van der Waals surface area contributed by atoms with Gasteiger partial charge in [0.2, 0.25) is 0 Å². The first-order valence-electron chi connectivity index (χ1n) is 13.2.